The summed E-state index contributed by atoms with van der Waals surface area (Å²) in [5, 5.41) is 0. The summed E-state index contributed by atoms with van der Waals surface area (Å²) in [6, 6.07) is 0. The van der Waals surface area contributed by atoms with Crippen LogP contribution < -0.4 is 5.73 Å². The van der Waals surface area contributed by atoms with Crippen molar-refractivity contribution in [2.75, 3.05) is 6.54 Å². The molecule has 0 unspecified atom stereocenters. The zero-order chi connectivity index (χ0) is 6.69. The molecule has 0 aromatic rings. The zero-order valence-electron chi connectivity index (χ0n) is 5.93. The van der Waals surface area contributed by atoms with Gasteiger partial charge in [-0.2, -0.15) is 0 Å². The van der Waals surface area contributed by atoms with Crippen molar-refractivity contribution in [1.82, 2.24) is 0 Å². The summed E-state index contributed by atoms with van der Waals surface area (Å²) in [5.41, 5.74) is 5.62. The van der Waals surface area contributed by atoms with E-state index in [4.69, 9.17) is 5.73 Å². The lowest BCUT2D eigenvalue weighted by Gasteiger charge is -1.93. The second-order valence-corrected chi connectivity index (χ2v) is 2.58. The van der Waals surface area contributed by atoms with Crippen LogP contribution in [-0.2, 0) is 0 Å². The topological polar surface area (TPSA) is 38.4 Å². The van der Waals surface area contributed by atoms with E-state index in [1.165, 1.54) is 12.8 Å². The summed E-state index contributed by atoms with van der Waals surface area (Å²) in [5.74, 6) is 1.54. The van der Waals surface area contributed by atoms with Crippen molar-refractivity contribution in [3.63, 3.8) is 0 Å². The Bertz CT molecular complexity index is 114. The molecule has 1 aliphatic rings. The second kappa shape index (κ2) is 2.85. The first kappa shape index (κ1) is 6.59. The van der Waals surface area contributed by atoms with E-state index in [9.17, 15) is 0 Å². The number of aliphatic imine (C=N–C) groups is 1. The van der Waals surface area contributed by atoms with Gasteiger partial charge in [0.15, 0.2) is 0 Å². The molecule has 2 heteroatoms. The average molecular weight is 126 g/mol. The monoisotopic (exact) mass is 126 g/mol. The third kappa shape index (κ3) is 2.04. The maximum Gasteiger partial charge on any atom is 0.0968 e. The molecule has 0 atom stereocenters. The first-order valence-electron chi connectivity index (χ1n) is 3.64. The van der Waals surface area contributed by atoms with E-state index < -0.39 is 0 Å². The smallest absolute Gasteiger partial charge is 0.0968 e. The summed E-state index contributed by atoms with van der Waals surface area (Å²) in [7, 11) is 0. The Labute approximate surface area is 56.2 Å². The highest BCUT2D eigenvalue weighted by atomic mass is 14.9. The molecule has 0 spiro atoms. The molecule has 0 amide bonds. The maximum atomic E-state index is 5.62. The Morgan fingerprint density at radius 1 is 1.67 bits per heavy atom. The molecule has 1 saturated carbocycles. The Kier molecular flexibility index (Phi) is 2.09. The summed E-state index contributed by atoms with van der Waals surface area (Å²) < 4.78 is 0. The maximum absolute atomic E-state index is 5.62. The number of rotatable bonds is 3. The minimum Gasteiger partial charge on any atom is -0.387 e. The molecule has 1 aliphatic carbocycles. The number of amidine groups is 1. The first-order chi connectivity index (χ1) is 4.34. The van der Waals surface area contributed by atoms with E-state index in [1.807, 2.05) is 0 Å². The van der Waals surface area contributed by atoms with Crippen LogP contribution in [0.1, 0.15) is 26.2 Å². The molecule has 9 heavy (non-hydrogen) atoms. The molecule has 1 rings (SSSR count). The molecule has 2 nitrogen and oxygen atoms in total. The van der Waals surface area contributed by atoms with Crippen LogP contribution in [0, 0.1) is 5.92 Å². The Morgan fingerprint density at radius 2 is 2.33 bits per heavy atom. The number of nitrogens with two attached hydrogens (primary N) is 1. The van der Waals surface area contributed by atoms with Crippen molar-refractivity contribution >= 4 is 5.84 Å². The van der Waals surface area contributed by atoms with E-state index in [0.717, 1.165) is 18.8 Å². The van der Waals surface area contributed by atoms with Gasteiger partial charge in [0.1, 0.15) is 0 Å². The van der Waals surface area contributed by atoms with E-state index in [2.05, 4.69) is 11.9 Å². The van der Waals surface area contributed by atoms with E-state index in [0.29, 0.717) is 5.92 Å². The van der Waals surface area contributed by atoms with Gasteiger partial charge in [0.05, 0.1) is 5.84 Å². The van der Waals surface area contributed by atoms with Gasteiger partial charge in [-0.1, -0.05) is 6.92 Å². The minimum absolute atomic E-state index is 0.650. The van der Waals surface area contributed by atoms with Crippen LogP contribution in [0.4, 0.5) is 0 Å². The van der Waals surface area contributed by atoms with Gasteiger partial charge in [-0.3, -0.25) is 4.99 Å². The van der Waals surface area contributed by atoms with E-state index in [-0.39, 0.29) is 0 Å². The van der Waals surface area contributed by atoms with Gasteiger partial charge >= 0.3 is 0 Å². The fourth-order valence-electron chi connectivity index (χ4n) is 0.749. The lowest BCUT2D eigenvalue weighted by molar-refractivity contribution is 0.917. The highest BCUT2D eigenvalue weighted by molar-refractivity contribution is 5.84. The van der Waals surface area contributed by atoms with Crippen LogP contribution in [-0.4, -0.2) is 12.4 Å². The zero-order valence-corrected chi connectivity index (χ0v) is 5.93. The standard InChI is InChI=1S/C7H14N2/c1-2-5-9-7(8)6-3-4-6/h6H,2-5H2,1H3,(H2,8,9). The van der Waals surface area contributed by atoms with Gasteiger partial charge in [-0.25, -0.2) is 0 Å². The third-order valence-electron chi connectivity index (χ3n) is 1.51. The van der Waals surface area contributed by atoms with Crippen molar-refractivity contribution < 1.29 is 0 Å². The number of hydrogen-bond donors (Lipinski definition) is 1. The van der Waals surface area contributed by atoms with Crippen molar-refractivity contribution in [2.45, 2.75) is 26.2 Å². The van der Waals surface area contributed by atoms with Gasteiger partial charge in [-0.15, -0.1) is 0 Å². The van der Waals surface area contributed by atoms with Crippen molar-refractivity contribution in [2.24, 2.45) is 16.6 Å². The van der Waals surface area contributed by atoms with Gasteiger partial charge in [-0.05, 0) is 19.3 Å². The lowest BCUT2D eigenvalue weighted by Crippen LogP contribution is -2.14. The largest absolute Gasteiger partial charge is 0.387 e. The molecule has 0 aromatic heterocycles. The molecule has 52 valence electrons. The highest BCUT2D eigenvalue weighted by Crippen LogP contribution is 2.28. The number of hydrogen-bond acceptors (Lipinski definition) is 1. The molecular formula is C7H14N2. The second-order valence-electron chi connectivity index (χ2n) is 2.58. The molecule has 0 bridgehead atoms. The van der Waals surface area contributed by atoms with Crippen molar-refractivity contribution in [1.29, 1.82) is 0 Å². The Hall–Kier alpha value is -0.530. The predicted octanol–water partition coefficient (Wildman–Crippen LogP) is 1.16. The quantitative estimate of drug-likeness (QED) is 0.447. The summed E-state index contributed by atoms with van der Waals surface area (Å²) in [6.07, 6.45) is 3.63. The SMILES string of the molecule is CCCN=C(N)C1CC1. The van der Waals surface area contributed by atoms with Gasteiger partial charge in [0.25, 0.3) is 0 Å². The Balaban J connectivity index is 2.20. The fraction of sp³-hybridized carbons (Fsp3) is 0.857. The number of nitrogens with zero attached hydrogens (tertiary/aromatic N) is 1. The molecule has 0 aliphatic heterocycles. The molecule has 0 aromatic carbocycles. The molecule has 2 N–H and O–H groups in total. The fourth-order valence-corrected chi connectivity index (χ4v) is 0.749. The van der Waals surface area contributed by atoms with Crippen LogP contribution >= 0.6 is 0 Å². The molecule has 0 heterocycles. The summed E-state index contributed by atoms with van der Waals surface area (Å²) >= 11 is 0. The van der Waals surface area contributed by atoms with Gasteiger partial charge in [0, 0.05) is 12.5 Å². The Morgan fingerprint density at radius 3 is 2.78 bits per heavy atom. The van der Waals surface area contributed by atoms with Gasteiger partial charge < -0.3 is 5.73 Å². The summed E-state index contributed by atoms with van der Waals surface area (Å²) in [6.45, 7) is 3.02. The van der Waals surface area contributed by atoms with Crippen molar-refractivity contribution in [3.8, 4) is 0 Å². The normalized spacial score (nSPS) is 20.3. The highest BCUT2D eigenvalue weighted by Gasteiger charge is 2.24. The minimum atomic E-state index is 0.650. The lowest BCUT2D eigenvalue weighted by atomic mass is 10.4. The summed E-state index contributed by atoms with van der Waals surface area (Å²) in [4.78, 5) is 4.20. The first-order valence-corrected chi connectivity index (χ1v) is 3.64. The van der Waals surface area contributed by atoms with Gasteiger partial charge in [0.2, 0.25) is 0 Å². The van der Waals surface area contributed by atoms with Crippen LogP contribution in [0.5, 0.6) is 0 Å². The van der Waals surface area contributed by atoms with E-state index in [1.54, 1.807) is 0 Å². The predicted molar refractivity (Wildman–Crippen MR) is 39.5 cm³/mol. The molecule has 0 radical (unpaired) electrons. The van der Waals surface area contributed by atoms with Crippen LogP contribution in [0.15, 0.2) is 4.99 Å². The average Bonchev–Trinajstić information content (AvgIpc) is 2.63. The third-order valence-corrected chi connectivity index (χ3v) is 1.51. The van der Waals surface area contributed by atoms with E-state index >= 15 is 0 Å². The van der Waals surface area contributed by atoms with Crippen LogP contribution in [0.25, 0.3) is 0 Å². The molecule has 1 fully saturated rings. The molecule has 0 saturated heterocycles. The molecular weight excluding hydrogens is 112 g/mol. The van der Waals surface area contributed by atoms with Crippen LogP contribution in [0.2, 0.25) is 0 Å². The van der Waals surface area contributed by atoms with Crippen LogP contribution in [0.3, 0.4) is 0 Å². The van der Waals surface area contributed by atoms with Crippen molar-refractivity contribution in [3.05, 3.63) is 0 Å².